The molecule has 0 saturated carbocycles. The highest BCUT2D eigenvalue weighted by Crippen LogP contribution is 2.27. The van der Waals surface area contributed by atoms with Crippen molar-refractivity contribution in [3.63, 3.8) is 0 Å². The van der Waals surface area contributed by atoms with Gasteiger partial charge in [-0.3, -0.25) is 4.79 Å². The van der Waals surface area contributed by atoms with Crippen LogP contribution in [-0.4, -0.2) is 36.8 Å². The molecule has 3 N–H and O–H groups in total. The smallest absolute Gasteiger partial charge is 0.226 e. The molecule has 1 rings (SSSR count). The molecule has 0 aliphatic carbocycles. The number of nitrogens with one attached hydrogen (secondary N) is 2. The van der Waals surface area contributed by atoms with Gasteiger partial charge in [-0.1, -0.05) is 20.8 Å². The maximum atomic E-state index is 12.1. The van der Waals surface area contributed by atoms with Crippen molar-refractivity contribution in [3.8, 4) is 0 Å². The standard InChI is InChI=1S/C13H26N2O2/c1-10(2)8-11(16)9-15-12(17)13(3)4-6-14-7-5-13/h10-11,14,16H,4-9H2,1-3H3,(H,15,17). The van der Waals surface area contributed by atoms with E-state index in [9.17, 15) is 9.90 Å². The van der Waals surface area contributed by atoms with Crippen LogP contribution in [0.2, 0.25) is 0 Å². The highest BCUT2D eigenvalue weighted by atomic mass is 16.3. The van der Waals surface area contributed by atoms with Crippen LogP contribution in [0.25, 0.3) is 0 Å². The van der Waals surface area contributed by atoms with Crippen molar-refractivity contribution in [1.82, 2.24) is 10.6 Å². The summed E-state index contributed by atoms with van der Waals surface area (Å²) in [5.41, 5.74) is -0.261. The Hall–Kier alpha value is -0.610. The van der Waals surface area contributed by atoms with E-state index in [4.69, 9.17) is 0 Å². The van der Waals surface area contributed by atoms with Crippen LogP contribution in [0.5, 0.6) is 0 Å². The molecule has 0 bridgehead atoms. The molecule has 100 valence electrons. The van der Waals surface area contributed by atoms with Gasteiger partial charge in [0, 0.05) is 12.0 Å². The fourth-order valence-electron chi connectivity index (χ4n) is 2.26. The van der Waals surface area contributed by atoms with Crippen LogP contribution in [0.1, 0.15) is 40.0 Å². The molecule has 4 nitrogen and oxygen atoms in total. The van der Waals surface area contributed by atoms with E-state index in [1.807, 2.05) is 6.92 Å². The molecule has 0 aromatic carbocycles. The lowest BCUT2D eigenvalue weighted by Crippen LogP contribution is -2.47. The molecule has 0 aromatic heterocycles. The molecule has 0 spiro atoms. The number of aliphatic hydroxyl groups excluding tert-OH is 1. The highest BCUT2D eigenvalue weighted by molar-refractivity contribution is 5.82. The summed E-state index contributed by atoms with van der Waals surface area (Å²) < 4.78 is 0. The largest absolute Gasteiger partial charge is 0.391 e. The van der Waals surface area contributed by atoms with Gasteiger partial charge in [0.2, 0.25) is 5.91 Å². The molecular weight excluding hydrogens is 216 g/mol. The van der Waals surface area contributed by atoms with E-state index in [-0.39, 0.29) is 11.3 Å². The Balaban J connectivity index is 2.33. The predicted molar refractivity (Wildman–Crippen MR) is 68.7 cm³/mol. The van der Waals surface area contributed by atoms with E-state index in [0.717, 1.165) is 32.4 Å². The van der Waals surface area contributed by atoms with Gasteiger partial charge in [0.1, 0.15) is 0 Å². The third kappa shape index (κ3) is 4.64. The lowest BCUT2D eigenvalue weighted by Gasteiger charge is -2.32. The molecule has 1 amide bonds. The number of rotatable bonds is 5. The van der Waals surface area contributed by atoms with E-state index < -0.39 is 6.10 Å². The van der Waals surface area contributed by atoms with Crippen molar-refractivity contribution in [2.45, 2.75) is 46.1 Å². The third-order valence-corrected chi connectivity index (χ3v) is 3.50. The van der Waals surface area contributed by atoms with Crippen LogP contribution in [0.15, 0.2) is 0 Å². The van der Waals surface area contributed by atoms with Crippen LogP contribution in [0, 0.1) is 11.3 Å². The van der Waals surface area contributed by atoms with Crippen LogP contribution >= 0.6 is 0 Å². The van der Waals surface area contributed by atoms with Gasteiger partial charge in [0.25, 0.3) is 0 Å². The normalized spacial score (nSPS) is 21.2. The summed E-state index contributed by atoms with van der Waals surface area (Å²) >= 11 is 0. The molecule has 1 aliphatic rings. The van der Waals surface area contributed by atoms with Gasteiger partial charge in [0.05, 0.1) is 6.10 Å². The Morgan fingerprint density at radius 1 is 1.41 bits per heavy atom. The first-order valence-electron chi connectivity index (χ1n) is 6.61. The lowest BCUT2D eigenvalue weighted by atomic mass is 9.80. The Kier molecular flexibility index (Phi) is 5.40. The topological polar surface area (TPSA) is 61.4 Å². The molecule has 17 heavy (non-hydrogen) atoms. The number of hydrogen-bond donors (Lipinski definition) is 3. The first-order chi connectivity index (χ1) is 7.94. The molecule has 1 atom stereocenters. The van der Waals surface area contributed by atoms with Crippen LogP contribution in [0.3, 0.4) is 0 Å². The first-order valence-corrected chi connectivity index (χ1v) is 6.61. The van der Waals surface area contributed by atoms with Crippen molar-refractivity contribution >= 4 is 5.91 Å². The Morgan fingerprint density at radius 2 is 2.00 bits per heavy atom. The summed E-state index contributed by atoms with van der Waals surface area (Å²) in [5, 5.41) is 15.9. The molecule has 0 radical (unpaired) electrons. The molecule has 1 fully saturated rings. The van der Waals surface area contributed by atoms with Gasteiger partial charge >= 0.3 is 0 Å². The average molecular weight is 242 g/mol. The van der Waals surface area contributed by atoms with Crippen LogP contribution in [0.4, 0.5) is 0 Å². The number of carbonyl (C=O) groups excluding carboxylic acids is 1. The molecule has 1 saturated heterocycles. The Bertz CT molecular complexity index is 248. The minimum atomic E-state index is -0.427. The van der Waals surface area contributed by atoms with Crippen molar-refractivity contribution < 1.29 is 9.90 Å². The van der Waals surface area contributed by atoms with E-state index in [1.165, 1.54) is 0 Å². The van der Waals surface area contributed by atoms with Gasteiger partial charge in [-0.25, -0.2) is 0 Å². The molecule has 4 heteroatoms. The summed E-state index contributed by atoms with van der Waals surface area (Å²) in [6.45, 7) is 8.33. The Morgan fingerprint density at radius 3 is 2.53 bits per heavy atom. The fourth-order valence-corrected chi connectivity index (χ4v) is 2.26. The fraction of sp³-hybridized carbons (Fsp3) is 0.923. The zero-order chi connectivity index (χ0) is 12.9. The summed E-state index contributed by atoms with van der Waals surface area (Å²) in [4.78, 5) is 12.1. The molecule has 1 heterocycles. The summed E-state index contributed by atoms with van der Waals surface area (Å²) in [6, 6.07) is 0. The van der Waals surface area contributed by atoms with Gasteiger partial charge in [0.15, 0.2) is 0 Å². The Labute approximate surface area is 104 Å². The van der Waals surface area contributed by atoms with E-state index in [1.54, 1.807) is 0 Å². The number of aliphatic hydroxyl groups is 1. The van der Waals surface area contributed by atoms with Gasteiger partial charge < -0.3 is 15.7 Å². The summed E-state index contributed by atoms with van der Waals surface area (Å²) in [5.74, 6) is 0.540. The lowest BCUT2D eigenvalue weighted by molar-refractivity contribution is -0.132. The second kappa shape index (κ2) is 6.36. The number of hydrogen-bond acceptors (Lipinski definition) is 3. The highest BCUT2D eigenvalue weighted by Gasteiger charge is 2.34. The molecular formula is C13H26N2O2. The zero-order valence-corrected chi connectivity index (χ0v) is 11.3. The van der Waals surface area contributed by atoms with Crippen LogP contribution < -0.4 is 10.6 Å². The van der Waals surface area contributed by atoms with Crippen molar-refractivity contribution in [2.24, 2.45) is 11.3 Å². The SMILES string of the molecule is CC(C)CC(O)CNC(=O)C1(C)CCNCC1. The summed E-state index contributed by atoms with van der Waals surface area (Å²) in [6.07, 6.45) is 2.06. The average Bonchev–Trinajstić information content (AvgIpc) is 2.26. The maximum Gasteiger partial charge on any atom is 0.226 e. The number of piperidine rings is 1. The molecule has 1 aliphatic heterocycles. The third-order valence-electron chi connectivity index (χ3n) is 3.50. The second-order valence-electron chi connectivity index (χ2n) is 5.80. The number of amides is 1. The zero-order valence-electron chi connectivity index (χ0n) is 11.3. The van der Waals surface area contributed by atoms with E-state index in [0.29, 0.717) is 12.5 Å². The van der Waals surface area contributed by atoms with Crippen molar-refractivity contribution in [2.75, 3.05) is 19.6 Å². The quantitative estimate of drug-likeness (QED) is 0.671. The minimum absolute atomic E-state index is 0.0850. The van der Waals surface area contributed by atoms with Crippen molar-refractivity contribution in [3.05, 3.63) is 0 Å². The first kappa shape index (κ1) is 14.5. The number of carbonyl (C=O) groups is 1. The summed E-state index contributed by atoms with van der Waals surface area (Å²) in [7, 11) is 0. The second-order valence-corrected chi connectivity index (χ2v) is 5.80. The van der Waals surface area contributed by atoms with Gasteiger partial charge in [-0.05, 0) is 38.3 Å². The van der Waals surface area contributed by atoms with E-state index >= 15 is 0 Å². The maximum absolute atomic E-state index is 12.1. The molecule has 1 unspecified atom stereocenters. The minimum Gasteiger partial charge on any atom is -0.391 e. The van der Waals surface area contributed by atoms with Gasteiger partial charge in [-0.2, -0.15) is 0 Å². The van der Waals surface area contributed by atoms with Crippen LogP contribution in [-0.2, 0) is 4.79 Å². The van der Waals surface area contributed by atoms with Crippen molar-refractivity contribution in [1.29, 1.82) is 0 Å². The monoisotopic (exact) mass is 242 g/mol. The van der Waals surface area contributed by atoms with E-state index in [2.05, 4.69) is 24.5 Å². The molecule has 0 aromatic rings. The predicted octanol–water partition coefficient (Wildman–Crippen LogP) is 0.899. The van der Waals surface area contributed by atoms with Gasteiger partial charge in [-0.15, -0.1) is 0 Å².